The van der Waals surface area contributed by atoms with Crippen LogP contribution in [0.4, 0.5) is 0 Å². The molecule has 82 valence electrons. The molecule has 1 heterocycles. The lowest BCUT2D eigenvalue weighted by atomic mass is 10.3. The number of nitrogens with two attached hydrogens (primary N) is 1. The number of amides is 1. The number of nitrogens with zero attached hydrogens (tertiary/aromatic N) is 1. The van der Waals surface area contributed by atoms with E-state index in [-0.39, 0.29) is 10.9 Å². The summed E-state index contributed by atoms with van der Waals surface area (Å²) in [6, 6.07) is 1.49. The van der Waals surface area contributed by atoms with E-state index in [9.17, 15) is 4.79 Å². The zero-order valence-corrected chi connectivity index (χ0v) is 9.55. The second-order valence-electron chi connectivity index (χ2n) is 2.86. The summed E-state index contributed by atoms with van der Waals surface area (Å²) in [4.78, 5) is 14.8. The van der Waals surface area contributed by atoms with Crippen molar-refractivity contribution in [2.24, 2.45) is 5.73 Å². The monoisotopic (exact) mass is 248 g/mol. The van der Waals surface area contributed by atoms with Crippen LogP contribution in [0.15, 0.2) is 12.3 Å². The maximum Gasteiger partial charge on any atom is 0.258 e. The van der Waals surface area contributed by atoms with Crippen LogP contribution in [0.25, 0.3) is 0 Å². The van der Waals surface area contributed by atoms with Crippen LogP contribution in [0, 0.1) is 0 Å². The molecule has 1 aromatic rings. The minimum atomic E-state index is -0.726. The van der Waals surface area contributed by atoms with Crippen molar-refractivity contribution in [1.29, 1.82) is 0 Å². The molecule has 1 rings (SSSR count). The molecule has 15 heavy (non-hydrogen) atoms. The summed E-state index contributed by atoms with van der Waals surface area (Å²) in [7, 11) is 0. The Bertz CT molecular complexity index is 371. The number of hydrogen-bond donors (Lipinski definition) is 1. The third-order valence-electron chi connectivity index (χ3n) is 1.72. The SMILES string of the molecule is CCC(Oc1ncc(Cl)cc1Cl)C(N)=O. The van der Waals surface area contributed by atoms with E-state index in [0.29, 0.717) is 11.4 Å². The molecule has 4 nitrogen and oxygen atoms in total. The lowest BCUT2D eigenvalue weighted by Crippen LogP contribution is -2.33. The van der Waals surface area contributed by atoms with Crippen molar-refractivity contribution in [1.82, 2.24) is 4.98 Å². The lowest BCUT2D eigenvalue weighted by molar-refractivity contribution is -0.124. The van der Waals surface area contributed by atoms with Crippen LogP contribution >= 0.6 is 23.2 Å². The van der Waals surface area contributed by atoms with Gasteiger partial charge in [0.2, 0.25) is 5.88 Å². The van der Waals surface area contributed by atoms with E-state index in [4.69, 9.17) is 33.7 Å². The van der Waals surface area contributed by atoms with Gasteiger partial charge in [-0.25, -0.2) is 4.98 Å². The number of primary amides is 1. The van der Waals surface area contributed by atoms with E-state index in [1.165, 1.54) is 12.3 Å². The quantitative estimate of drug-likeness (QED) is 0.887. The highest BCUT2D eigenvalue weighted by Gasteiger charge is 2.17. The van der Waals surface area contributed by atoms with Crippen molar-refractivity contribution in [3.63, 3.8) is 0 Å². The maximum absolute atomic E-state index is 10.9. The molecule has 0 saturated carbocycles. The van der Waals surface area contributed by atoms with Crippen molar-refractivity contribution in [2.75, 3.05) is 0 Å². The molecule has 0 spiro atoms. The number of rotatable bonds is 4. The highest BCUT2D eigenvalue weighted by Crippen LogP contribution is 2.25. The number of carbonyl (C=O) groups is 1. The van der Waals surface area contributed by atoms with Crippen LogP contribution in [0.1, 0.15) is 13.3 Å². The molecule has 0 aromatic carbocycles. The number of hydrogen-bond acceptors (Lipinski definition) is 3. The van der Waals surface area contributed by atoms with E-state index < -0.39 is 12.0 Å². The summed E-state index contributed by atoms with van der Waals surface area (Å²) in [5.74, 6) is -0.392. The van der Waals surface area contributed by atoms with Crippen LogP contribution in [0.5, 0.6) is 5.88 Å². The third-order valence-corrected chi connectivity index (χ3v) is 2.19. The van der Waals surface area contributed by atoms with Gasteiger partial charge in [0, 0.05) is 6.20 Å². The van der Waals surface area contributed by atoms with E-state index >= 15 is 0 Å². The summed E-state index contributed by atoms with van der Waals surface area (Å²) in [6.07, 6.45) is 1.11. The second kappa shape index (κ2) is 5.19. The molecule has 0 saturated heterocycles. The molecule has 0 bridgehead atoms. The van der Waals surface area contributed by atoms with Gasteiger partial charge in [-0.05, 0) is 12.5 Å². The summed E-state index contributed by atoms with van der Waals surface area (Å²) in [5, 5.41) is 0.654. The zero-order chi connectivity index (χ0) is 11.4. The van der Waals surface area contributed by atoms with Gasteiger partial charge in [-0.15, -0.1) is 0 Å². The fourth-order valence-corrected chi connectivity index (χ4v) is 1.39. The Morgan fingerprint density at radius 2 is 2.33 bits per heavy atom. The molecule has 1 amide bonds. The predicted octanol–water partition coefficient (Wildman–Crippen LogP) is 2.03. The van der Waals surface area contributed by atoms with Crippen molar-refractivity contribution in [2.45, 2.75) is 19.4 Å². The number of ether oxygens (including phenoxy) is 1. The lowest BCUT2D eigenvalue weighted by Gasteiger charge is -2.13. The van der Waals surface area contributed by atoms with Gasteiger partial charge >= 0.3 is 0 Å². The first-order valence-electron chi connectivity index (χ1n) is 4.31. The molecule has 0 aliphatic carbocycles. The highest BCUT2D eigenvalue weighted by atomic mass is 35.5. The molecule has 1 atom stereocenters. The molecular weight excluding hydrogens is 239 g/mol. The largest absolute Gasteiger partial charge is 0.463 e. The minimum Gasteiger partial charge on any atom is -0.463 e. The molecule has 1 aromatic heterocycles. The van der Waals surface area contributed by atoms with Gasteiger partial charge in [-0.3, -0.25) is 4.79 Å². The normalized spacial score (nSPS) is 12.2. The molecule has 0 radical (unpaired) electrons. The topological polar surface area (TPSA) is 65.2 Å². The Morgan fingerprint density at radius 1 is 1.67 bits per heavy atom. The van der Waals surface area contributed by atoms with E-state index in [0.717, 1.165) is 0 Å². The molecule has 6 heteroatoms. The predicted molar refractivity (Wildman–Crippen MR) is 58.2 cm³/mol. The Hall–Kier alpha value is -1.00. The van der Waals surface area contributed by atoms with Crippen LogP contribution < -0.4 is 10.5 Å². The Morgan fingerprint density at radius 3 is 2.80 bits per heavy atom. The first-order chi connectivity index (χ1) is 7.04. The van der Waals surface area contributed by atoms with Gasteiger partial charge in [0.1, 0.15) is 5.02 Å². The fourth-order valence-electron chi connectivity index (χ4n) is 0.966. The Kier molecular flexibility index (Phi) is 4.17. The third kappa shape index (κ3) is 3.25. The van der Waals surface area contributed by atoms with Crippen LogP contribution in [0.2, 0.25) is 10.0 Å². The first kappa shape index (κ1) is 12.1. The summed E-state index contributed by atoms with van der Waals surface area (Å²) >= 11 is 11.5. The number of halogens is 2. The molecule has 0 aliphatic rings. The van der Waals surface area contributed by atoms with Gasteiger partial charge in [-0.1, -0.05) is 30.1 Å². The van der Waals surface area contributed by atoms with E-state index in [1.807, 2.05) is 0 Å². The average Bonchev–Trinajstić information content (AvgIpc) is 2.16. The van der Waals surface area contributed by atoms with Gasteiger partial charge < -0.3 is 10.5 Å². The van der Waals surface area contributed by atoms with Crippen LogP contribution in [0.3, 0.4) is 0 Å². The maximum atomic E-state index is 10.9. The minimum absolute atomic E-state index is 0.159. The molecule has 0 aliphatic heterocycles. The highest BCUT2D eigenvalue weighted by molar-refractivity contribution is 6.35. The molecular formula is C9H10Cl2N2O2. The van der Waals surface area contributed by atoms with Crippen molar-refractivity contribution < 1.29 is 9.53 Å². The zero-order valence-electron chi connectivity index (χ0n) is 8.04. The smallest absolute Gasteiger partial charge is 0.258 e. The van der Waals surface area contributed by atoms with Gasteiger partial charge in [0.25, 0.3) is 5.91 Å². The van der Waals surface area contributed by atoms with Crippen molar-refractivity contribution >= 4 is 29.1 Å². The number of pyridine rings is 1. The number of carbonyl (C=O) groups excluding carboxylic acids is 1. The van der Waals surface area contributed by atoms with Gasteiger partial charge in [-0.2, -0.15) is 0 Å². The summed E-state index contributed by atoms with van der Waals surface area (Å²) in [5.41, 5.74) is 5.11. The average molecular weight is 249 g/mol. The van der Waals surface area contributed by atoms with E-state index in [1.54, 1.807) is 6.92 Å². The second-order valence-corrected chi connectivity index (χ2v) is 3.70. The first-order valence-corrected chi connectivity index (χ1v) is 5.07. The summed E-state index contributed by atoms with van der Waals surface area (Å²) in [6.45, 7) is 1.78. The standard InChI is InChI=1S/C9H10Cl2N2O2/c1-2-7(8(12)14)15-9-6(11)3-5(10)4-13-9/h3-4,7H,2H2,1H3,(H2,12,14). The van der Waals surface area contributed by atoms with Crippen LogP contribution in [-0.4, -0.2) is 17.0 Å². The van der Waals surface area contributed by atoms with Crippen LogP contribution in [-0.2, 0) is 4.79 Å². The summed E-state index contributed by atoms with van der Waals surface area (Å²) < 4.78 is 5.23. The number of aromatic nitrogens is 1. The Balaban J connectivity index is 2.84. The van der Waals surface area contributed by atoms with Crippen molar-refractivity contribution in [3.8, 4) is 5.88 Å². The fraction of sp³-hybridized carbons (Fsp3) is 0.333. The Labute approximate surface area is 97.3 Å². The molecule has 2 N–H and O–H groups in total. The molecule has 1 unspecified atom stereocenters. The van der Waals surface area contributed by atoms with Gasteiger partial charge in [0.05, 0.1) is 5.02 Å². The van der Waals surface area contributed by atoms with E-state index in [2.05, 4.69) is 4.98 Å². The van der Waals surface area contributed by atoms with Crippen molar-refractivity contribution in [3.05, 3.63) is 22.3 Å². The van der Waals surface area contributed by atoms with Gasteiger partial charge in [0.15, 0.2) is 6.10 Å². The molecule has 0 fully saturated rings.